The summed E-state index contributed by atoms with van der Waals surface area (Å²) >= 11 is 0. The molecule has 1 aliphatic rings. The molecule has 7 heteroatoms. The highest BCUT2D eigenvalue weighted by molar-refractivity contribution is 5.89. The first-order chi connectivity index (χ1) is 13.1. The Morgan fingerprint density at radius 1 is 1.22 bits per heavy atom. The summed E-state index contributed by atoms with van der Waals surface area (Å²) in [6, 6.07) is 7.46. The fraction of sp³-hybridized carbons (Fsp3) is 0.550. The van der Waals surface area contributed by atoms with Crippen LogP contribution in [-0.4, -0.2) is 63.6 Å². The molecule has 0 bridgehead atoms. The molecule has 1 aromatic carbocycles. The predicted molar refractivity (Wildman–Crippen MR) is 106 cm³/mol. The van der Waals surface area contributed by atoms with Gasteiger partial charge >= 0.3 is 5.97 Å². The third-order valence-electron chi connectivity index (χ3n) is 4.95. The molecule has 0 spiro atoms. The van der Waals surface area contributed by atoms with Crippen LogP contribution in [0.4, 0.5) is 0 Å². The van der Waals surface area contributed by atoms with Gasteiger partial charge in [-0.25, -0.2) is 4.79 Å². The number of nitrogens with one attached hydrogen (secondary N) is 2. The van der Waals surface area contributed by atoms with Gasteiger partial charge in [-0.3, -0.25) is 9.79 Å². The first-order valence-electron chi connectivity index (χ1n) is 9.40. The van der Waals surface area contributed by atoms with E-state index in [1.54, 1.807) is 26.2 Å². The van der Waals surface area contributed by atoms with Crippen LogP contribution in [0, 0.1) is 5.92 Å². The number of hydrogen-bond acceptors (Lipinski definition) is 4. The summed E-state index contributed by atoms with van der Waals surface area (Å²) < 4.78 is 4.71. The predicted octanol–water partition coefficient (Wildman–Crippen LogP) is 1.44. The van der Waals surface area contributed by atoms with Gasteiger partial charge in [0.05, 0.1) is 12.7 Å². The fourth-order valence-electron chi connectivity index (χ4n) is 3.29. The number of hydrogen-bond donors (Lipinski definition) is 2. The van der Waals surface area contributed by atoms with E-state index in [9.17, 15) is 9.59 Å². The van der Waals surface area contributed by atoms with E-state index in [1.807, 2.05) is 12.1 Å². The van der Waals surface area contributed by atoms with Gasteiger partial charge in [-0.15, -0.1) is 0 Å². The molecule has 1 fully saturated rings. The van der Waals surface area contributed by atoms with Crippen molar-refractivity contribution in [3.8, 4) is 0 Å². The second-order valence-corrected chi connectivity index (χ2v) is 6.72. The Bertz CT molecular complexity index is 650. The van der Waals surface area contributed by atoms with Crippen molar-refractivity contribution in [2.24, 2.45) is 10.9 Å². The smallest absolute Gasteiger partial charge is 0.337 e. The number of piperidine rings is 1. The van der Waals surface area contributed by atoms with Crippen molar-refractivity contribution in [1.29, 1.82) is 0 Å². The quantitative estimate of drug-likeness (QED) is 0.447. The number of guanidine groups is 1. The van der Waals surface area contributed by atoms with Gasteiger partial charge in [-0.1, -0.05) is 12.1 Å². The fourth-order valence-corrected chi connectivity index (χ4v) is 3.29. The minimum absolute atomic E-state index is 0.120. The van der Waals surface area contributed by atoms with Crippen LogP contribution < -0.4 is 10.6 Å². The number of carbonyl (C=O) groups excluding carboxylic acids is 2. The Balaban J connectivity index is 1.76. The lowest BCUT2D eigenvalue weighted by molar-refractivity contribution is -0.121. The van der Waals surface area contributed by atoms with Crippen molar-refractivity contribution in [1.82, 2.24) is 15.5 Å². The Hall–Kier alpha value is -2.57. The van der Waals surface area contributed by atoms with Gasteiger partial charge < -0.3 is 20.3 Å². The molecule has 1 aromatic rings. The van der Waals surface area contributed by atoms with Crippen LogP contribution in [0.3, 0.4) is 0 Å². The van der Waals surface area contributed by atoms with Crippen molar-refractivity contribution in [3.63, 3.8) is 0 Å². The minimum atomic E-state index is -0.320. The highest BCUT2D eigenvalue weighted by atomic mass is 16.5. The number of likely N-dealkylation sites (tertiary alicyclic amines) is 1. The average molecular weight is 374 g/mol. The maximum Gasteiger partial charge on any atom is 0.337 e. The number of benzene rings is 1. The van der Waals surface area contributed by atoms with Gasteiger partial charge in [-0.05, 0) is 42.9 Å². The SMILES string of the molecule is CN=C(NCCc1ccc(C(=O)OC)cc1)N1CCC(CC(=O)NC)CC1. The average Bonchev–Trinajstić information content (AvgIpc) is 2.71. The van der Waals surface area contributed by atoms with Crippen molar-refractivity contribution in [2.75, 3.05) is 40.8 Å². The normalized spacial score (nSPS) is 15.4. The molecule has 0 unspecified atom stereocenters. The number of carbonyl (C=O) groups is 2. The molecule has 0 radical (unpaired) electrons. The molecule has 0 saturated carbocycles. The number of amides is 1. The zero-order valence-corrected chi connectivity index (χ0v) is 16.5. The summed E-state index contributed by atoms with van der Waals surface area (Å²) in [4.78, 5) is 29.6. The van der Waals surface area contributed by atoms with E-state index >= 15 is 0 Å². The first-order valence-corrected chi connectivity index (χ1v) is 9.40. The maximum atomic E-state index is 11.5. The Morgan fingerprint density at radius 2 is 1.89 bits per heavy atom. The van der Waals surface area contributed by atoms with Crippen LogP contribution in [0.25, 0.3) is 0 Å². The monoisotopic (exact) mass is 374 g/mol. The van der Waals surface area contributed by atoms with Crippen LogP contribution in [-0.2, 0) is 16.0 Å². The molecule has 1 amide bonds. The van der Waals surface area contributed by atoms with Gasteiger partial charge in [0, 0.05) is 40.2 Å². The van der Waals surface area contributed by atoms with E-state index < -0.39 is 0 Å². The van der Waals surface area contributed by atoms with Gasteiger partial charge in [0.15, 0.2) is 5.96 Å². The van der Waals surface area contributed by atoms with Crippen LogP contribution in [0.2, 0.25) is 0 Å². The molecule has 7 nitrogen and oxygen atoms in total. The van der Waals surface area contributed by atoms with E-state index in [1.165, 1.54) is 7.11 Å². The van der Waals surface area contributed by atoms with Gasteiger partial charge in [0.2, 0.25) is 5.91 Å². The zero-order valence-electron chi connectivity index (χ0n) is 16.5. The minimum Gasteiger partial charge on any atom is -0.465 e. The molecule has 1 aliphatic heterocycles. The van der Waals surface area contributed by atoms with Gasteiger partial charge in [-0.2, -0.15) is 0 Å². The summed E-state index contributed by atoms with van der Waals surface area (Å²) in [5.74, 6) is 1.15. The third-order valence-corrected chi connectivity index (χ3v) is 4.95. The number of esters is 1. The lowest BCUT2D eigenvalue weighted by Gasteiger charge is -2.34. The summed E-state index contributed by atoms with van der Waals surface area (Å²) in [6.45, 7) is 2.59. The van der Waals surface area contributed by atoms with E-state index in [-0.39, 0.29) is 11.9 Å². The molecular weight excluding hydrogens is 344 g/mol. The Morgan fingerprint density at radius 3 is 2.44 bits per heavy atom. The van der Waals surface area contributed by atoms with Crippen LogP contribution >= 0.6 is 0 Å². The van der Waals surface area contributed by atoms with E-state index in [4.69, 9.17) is 4.74 Å². The van der Waals surface area contributed by atoms with Crippen LogP contribution in [0.1, 0.15) is 35.2 Å². The molecule has 148 valence electrons. The van der Waals surface area contributed by atoms with E-state index in [0.29, 0.717) is 17.9 Å². The van der Waals surface area contributed by atoms with Gasteiger partial charge in [0.25, 0.3) is 0 Å². The van der Waals surface area contributed by atoms with E-state index in [2.05, 4.69) is 20.5 Å². The van der Waals surface area contributed by atoms with Gasteiger partial charge in [0.1, 0.15) is 0 Å². The topological polar surface area (TPSA) is 83.0 Å². The number of rotatable bonds is 6. The second-order valence-electron chi connectivity index (χ2n) is 6.72. The van der Waals surface area contributed by atoms with Crippen molar-refractivity contribution >= 4 is 17.8 Å². The molecule has 0 atom stereocenters. The first kappa shape index (κ1) is 20.7. The lowest BCUT2D eigenvalue weighted by Crippen LogP contribution is -2.46. The molecule has 1 saturated heterocycles. The number of nitrogens with zero attached hydrogens (tertiary/aromatic N) is 2. The highest BCUT2D eigenvalue weighted by Gasteiger charge is 2.22. The molecule has 2 rings (SSSR count). The van der Waals surface area contributed by atoms with E-state index in [0.717, 1.165) is 50.4 Å². The molecule has 1 heterocycles. The molecule has 2 N–H and O–H groups in total. The Labute approximate surface area is 161 Å². The number of methoxy groups -OCH3 is 1. The van der Waals surface area contributed by atoms with Crippen LogP contribution in [0.15, 0.2) is 29.3 Å². The summed E-state index contributed by atoms with van der Waals surface area (Å²) in [5, 5.41) is 6.11. The van der Waals surface area contributed by atoms with Crippen molar-refractivity contribution < 1.29 is 14.3 Å². The summed E-state index contributed by atoms with van der Waals surface area (Å²) in [7, 11) is 4.86. The molecule has 27 heavy (non-hydrogen) atoms. The standard InChI is InChI=1S/C20H30N4O3/c1-21-18(25)14-16-9-12-24(13-10-16)20(22-2)23-11-8-15-4-6-17(7-5-15)19(26)27-3/h4-7,16H,8-14H2,1-3H3,(H,21,25)(H,22,23). The number of ether oxygens (including phenoxy) is 1. The molecule has 0 aromatic heterocycles. The summed E-state index contributed by atoms with van der Waals surface area (Å²) in [5.41, 5.74) is 1.71. The second kappa shape index (κ2) is 10.5. The number of aliphatic imine (C=N–C) groups is 1. The zero-order chi connectivity index (χ0) is 19.6. The third kappa shape index (κ3) is 6.27. The van der Waals surface area contributed by atoms with Crippen molar-refractivity contribution in [3.05, 3.63) is 35.4 Å². The summed E-state index contributed by atoms with van der Waals surface area (Å²) in [6.07, 6.45) is 3.46. The van der Waals surface area contributed by atoms with Crippen LogP contribution in [0.5, 0.6) is 0 Å². The van der Waals surface area contributed by atoms with Crippen molar-refractivity contribution in [2.45, 2.75) is 25.7 Å². The lowest BCUT2D eigenvalue weighted by atomic mass is 9.93. The Kier molecular flexibility index (Phi) is 8.10. The maximum absolute atomic E-state index is 11.5. The molecular formula is C20H30N4O3. The molecule has 0 aliphatic carbocycles. The largest absolute Gasteiger partial charge is 0.465 e. The highest BCUT2D eigenvalue weighted by Crippen LogP contribution is 2.20.